The van der Waals surface area contributed by atoms with E-state index < -0.39 is 47.5 Å². The first-order valence-corrected chi connectivity index (χ1v) is 10.5. The Morgan fingerprint density at radius 3 is 2.69 bits per heavy atom. The number of nitrogens with zero attached hydrogens (tertiary/aromatic N) is 5. The molecule has 1 aliphatic rings. The minimum absolute atomic E-state index is 0.125. The van der Waals surface area contributed by atoms with Crippen molar-refractivity contribution >= 4 is 28.4 Å². The van der Waals surface area contributed by atoms with Crippen LogP contribution in [-0.2, 0) is 13.2 Å². The van der Waals surface area contributed by atoms with Gasteiger partial charge in [-0.3, -0.25) is 9.89 Å². The van der Waals surface area contributed by atoms with Gasteiger partial charge in [-0.15, -0.1) is 0 Å². The van der Waals surface area contributed by atoms with Gasteiger partial charge in [-0.25, -0.2) is 18.6 Å². The summed E-state index contributed by atoms with van der Waals surface area (Å²) in [5.74, 6) is -3.36. The number of rotatable bonds is 3. The van der Waals surface area contributed by atoms with Crippen LogP contribution in [0.4, 0.5) is 38.1 Å². The van der Waals surface area contributed by atoms with Crippen molar-refractivity contribution in [2.24, 2.45) is 7.05 Å². The second-order valence-corrected chi connectivity index (χ2v) is 8.48. The monoisotopic (exact) mass is 499 g/mol. The van der Waals surface area contributed by atoms with Crippen molar-refractivity contribution in [3.8, 4) is 0 Å². The molecule has 14 heteroatoms. The summed E-state index contributed by atoms with van der Waals surface area (Å²) >= 11 is 0. The third-order valence-electron chi connectivity index (χ3n) is 6.06. The number of pyridine rings is 2. The Morgan fingerprint density at radius 2 is 2.03 bits per heavy atom. The molecule has 2 amide bonds. The summed E-state index contributed by atoms with van der Waals surface area (Å²) in [4.78, 5) is 31.2. The van der Waals surface area contributed by atoms with E-state index in [0.29, 0.717) is 39.2 Å². The van der Waals surface area contributed by atoms with E-state index in [1.165, 1.54) is 11.1 Å². The maximum Gasteiger partial charge on any atom is 0.417 e. The van der Waals surface area contributed by atoms with Gasteiger partial charge >= 0.3 is 12.2 Å². The van der Waals surface area contributed by atoms with Crippen LogP contribution in [0.5, 0.6) is 0 Å². The molecule has 1 atom stereocenters. The summed E-state index contributed by atoms with van der Waals surface area (Å²) in [7, 11) is 2.21. The molecule has 1 saturated heterocycles. The summed E-state index contributed by atoms with van der Waals surface area (Å²) in [5.41, 5.74) is -1.04. The molecule has 0 radical (unpaired) electrons. The SMILES string of the molecule is Cc1n[nH]c2ncc(N3CC[C@@H](N(C)C(=O)Nc4cc(C(F)(F)F)cn(C)c4=O)C(F)(F)C3)cc12. The number of aromatic nitrogens is 4. The summed E-state index contributed by atoms with van der Waals surface area (Å²) < 4.78 is 70.2. The zero-order chi connectivity index (χ0) is 25.7. The fourth-order valence-electron chi connectivity index (χ4n) is 4.12. The fourth-order valence-corrected chi connectivity index (χ4v) is 4.12. The number of aromatic amines is 1. The molecule has 0 aliphatic carbocycles. The smallest absolute Gasteiger partial charge is 0.364 e. The number of hydrogen-bond acceptors (Lipinski definition) is 5. The van der Waals surface area contributed by atoms with Gasteiger partial charge in [-0.05, 0) is 25.5 Å². The van der Waals surface area contributed by atoms with Crippen LogP contribution >= 0.6 is 0 Å². The van der Waals surface area contributed by atoms with E-state index in [9.17, 15) is 22.8 Å². The first-order valence-electron chi connectivity index (χ1n) is 10.5. The summed E-state index contributed by atoms with van der Waals surface area (Å²) in [6.45, 7) is 1.23. The molecule has 0 saturated carbocycles. The Labute approximate surface area is 195 Å². The van der Waals surface area contributed by atoms with Crippen LogP contribution < -0.4 is 15.8 Å². The number of aryl methyl sites for hydroxylation is 2. The number of nitrogens with one attached hydrogen (secondary N) is 2. The van der Waals surface area contributed by atoms with Crippen LogP contribution in [0.3, 0.4) is 0 Å². The normalized spacial score (nSPS) is 18.1. The van der Waals surface area contributed by atoms with Crippen LogP contribution in [-0.4, -0.2) is 62.8 Å². The Kier molecular flexibility index (Phi) is 5.93. The van der Waals surface area contributed by atoms with Gasteiger partial charge in [-0.2, -0.15) is 18.3 Å². The fraction of sp³-hybridized carbons (Fsp3) is 0.429. The number of amides is 2. The lowest BCUT2D eigenvalue weighted by molar-refractivity contribution is -0.138. The number of halogens is 5. The largest absolute Gasteiger partial charge is 0.417 e. The van der Waals surface area contributed by atoms with E-state index in [2.05, 4.69) is 20.5 Å². The minimum Gasteiger partial charge on any atom is -0.364 e. The van der Waals surface area contributed by atoms with Crippen LogP contribution in [0.1, 0.15) is 17.7 Å². The molecule has 35 heavy (non-hydrogen) atoms. The van der Waals surface area contributed by atoms with E-state index in [-0.39, 0.29) is 13.0 Å². The number of hydrogen-bond donors (Lipinski definition) is 2. The van der Waals surface area contributed by atoms with Crippen LogP contribution in [0.25, 0.3) is 11.0 Å². The standard InChI is InChI=1S/C21H22F5N7O2/c1-11-14-7-13(8-27-17(14)30-29-11)33-5-4-16(20(22,23)10-33)32(3)19(35)28-15-6-12(21(24,25)26)9-31(2)18(15)34/h6-9,16H,4-5,10H2,1-3H3,(H,28,35)(H,27,29,30)/t16-/m1/s1. The predicted octanol–water partition coefficient (Wildman–Crippen LogP) is 3.36. The Balaban J connectivity index is 1.51. The van der Waals surface area contributed by atoms with Crippen LogP contribution in [0.2, 0.25) is 0 Å². The molecule has 9 nitrogen and oxygen atoms in total. The first-order chi connectivity index (χ1) is 16.3. The number of alkyl halides is 5. The second kappa shape index (κ2) is 8.50. The highest BCUT2D eigenvalue weighted by Gasteiger charge is 2.48. The molecule has 0 bridgehead atoms. The lowest BCUT2D eigenvalue weighted by Crippen LogP contribution is -2.59. The van der Waals surface area contributed by atoms with Crippen LogP contribution in [0.15, 0.2) is 29.3 Å². The maximum absolute atomic E-state index is 15.1. The summed E-state index contributed by atoms with van der Waals surface area (Å²) in [6.07, 6.45) is -2.84. The van der Waals surface area contributed by atoms with Gasteiger partial charge in [-0.1, -0.05) is 0 Å². The molecule has 1 fully saturated rings. The molecule has 0 unspecified atom stereocenters. The lowest BCUT2D eigenvalue weighted by Gasteiger charge is -2.42. The number of piperidine rings is 1. The van der Waals surface area contributed by atoms with Crippen molar-refractivity contribution in [3.05, 3.63) is 46.1 Å². The minimum atomic E-state index is -4.76. The molecule has 4 rings (SSSR count). The Bertz CT molecular complexity index is 1330. The van der Waals surface area contributed by atoms with Crippen molar-refractivity contribution < 1.29 is 26.7 Å². The van der Waals surface area contributed by atoms with Gasteiger partial charge in [0.15, 0.2) is 5.65 Å². The molecule has 4 heterocycles. The lowest BCUT2D eigenvalue weighted by atomic mass is 9.99. The molecule has 2 N–H and O–H groups in total. The van der Waals surface area contributed by atoms with Crippen molar-refractivity contribution in [1.82, 2.24) is 24.6 Å². The number of anilines is 2. The number of fused-ring (bicyclic) bond motifs is 1. The third kappa shape index (κ3) is 4.64. The zero-order valence-electron chi connectivity index (χ0n) is 19.0. The van der Waals surface area contributed by atoms with Gasteiger partial charge in [0.25, 0.3) is 11.5 Å². The van der Waals surface area contributed by atoms with Crippen molar-refractivity contribution in [2.45, 2.75) is 31.5 Å². The Morgan fingerprint density at radius 1 is 1.31 bits per heavy atom. The quantitative estimate of drug-likeness (QED) is 0.539. The van der Waals surface area contributed by atoms with Gasteiger partial charge in [0, 0.05) is 32.2 Å². The number of carbonyl (C=O) groups is 1. The molecular weight excluding hydrogens is 477 g/mol. The van der Waals surface area contributed by atoms with Crippen LogP contribution in [0, 0.1) is 6.92 Å². The average molecular weight is 499 g/mol. The van der Waals surface area contributed by atoms with E-state index >= 15 is 8.78 Å². The van der Waals surface area contributed by atoms with E-state index in [4.69, 9.17) is 0 Å². The molecular formula is C21H22F5N7O2. The predicted molar refractivity (Wildman–Crippen MR) is 118 cm³/mol. The van der Waals surface area contributed by atoms with Crippen molar-refractivity contribution in [3.63, 3.8) is 0 Å². The molecule has 0 spiro atoms. The number of urea groups is 1. The summed E-state index contributed by atoms with van der Waals surface area (Å²) in [5, 5.41) is 9.53. The highest BCUT2D eigenvalue weighted by Crippen LogP contribution is 2.34. The number of H-pyrrole nitrogens is 1. The molecule has 3 aromatic heterocycles. The zero-order valence-corrected chi connectivity index (χ0v) is 19.0. The van der Waals surface area contributed by atoms with Gasteiger partial charge in [0.1, 0.15) is 11.7 Å². The molecule has 188 valence electrons. The average Bonchev–Trinajstić information content (AvgIpc) is 3.15. The first kappa shape index (κ1) is 24.4. The van der Waals surface area contributed by atoms with Gasteiger partial charge in [0.2, 0.25) is 0 Å². The molecule has 1 aliphatic heterocycles. The topological polar surface area (TPSA) is 99.2 Å². The molecule has 0 aromatic carbocycles. The second-order valence-electron chi connectivity index (χ2n) is 8.48. The molecule has 3 aromatic rings. The third-order valence-corrected chi connectivity index (χ3v) is 6.06. The van der Waals surface area contributed by atoms with Gasteiger partial charge in [0.05, 0.1) is 29.7 Å². The van der Waals surface area contributed by atoms with E-state index in [1.807, 2.05) is 0 Å². The highest BCUT2D eigenvalue weighted by atomic mass is 19.4. The highest BCUT2D eigenvalue weighted by molar-refractivity contribution is 5.89. The van der Waals surface area contributed by atoms with Crippen molar-refractivity contribution in [1.29, 1.82) is 0 Å². The van der Waals surface area contributed by atoms with Crippen molar-refractivity contribution in [2.75, 3.05) is 30.4 Å². The Hall–Kier alpha value is -3.71. The van der Waals surface area contributed by atoms with Gasteiger partial charge < -0.3 is 19.7 Å². The van der Waals surface area contributed by atoms with E-state index in [1.54, 1.807) is 13.0 Å². The number of carbonyl (C=O) groups excluding carboxylic acids is 1. The maximum atomic E-state index is 15.1. The van der Waals surface area contributed by atoms with E-state index in [0.717, 1.165) is 19.0 Å². The summed E-state index contributed by atoms with van der Waals surface area (Å²) in [6, 6.07) is -0.467.